The average Bonchev–Trinajstić information content (AvgIpc) is 3.25. The van der Waals surface area contributed by atoms with Crippen molar-refractivity contribution in [2.75, 3.05) is 32.4 Å². The van der Waals surface area contributed by atoms with Crippen LogP contribution in [0.25, 0.3) is 0 Å². The summed E-state index contributed by atoms with van der Waals surface area (Å²) >= 11 is 1.50. The van der Waals surface area contributed by atoms with E-state index in [1.165, 1.54) is 11.3 Å². The maximum absolute atomic E-state index is 5.84. The minimum Gasteiger partial charge on any atom is -0.493 e. The van der Waals surface area contributed by atoms with Crippen LogP contribution in [0, 0.1) is 6.92 Å². The van der Waals surface area contributed by atoms with Crippen LogP contribution in [0.3, 0.4) is 0 Å². The molecule has 0 atom stereocenters. The van der Waals surface area contributed by atoms with Crippen molar-refractivity contribution in [2.24, 2.45) is 5.10 Å². The first-order chi connectivity index (χ1) is 11.8. The monoisotopic (exact) mass is 349 g/mol. The standard InChI is InChI=1S/C16H19N3O4S/c1-11-10-24-16(18-11)19-17-8-12-4-3-5-13(20-2)15(12)23-9-14-21-6-7-22-14/h3-5,8,10,14H,6-7,9H2,1-2H3,(H,18,19). The van der Waals surface area contributed by atoms with Crippen LogP contribution in [-0.2, 0) is 9.47 Å². The Morgan fingerprint density at radius 3 is 2.96 bits per heavy atom. The van der Waals surface area contributed by atoms with Gasteiger partial charge in [-0.1, -0.05) is 6.07 Å². The summed E-state index contributed by atoms with van der Waals surface area (Å²) in [5.41, 5.74) is 4.65. The fourth-order valence-corrected chi connectivity index (χ4v) is 2.80. The summed E-state index contributed by atoms with van der Waals surface area (Å²) in [5, 5.41) is 6.91. The van der Waals surface area contributed by atoms with Gasteiger partial charge in [-0.2, -0.15) is 5.10 Å². The van der Waals surface area contributed by atoms with Crippen LogP contribution < -0.4 is 14.9 Å². The largest absolute Gasteiger partial charge is 0.493 e. The number of nitrogens with zero attached hydrogens (tertiary/aromatic N) is 2. The molecule has 1 aliphatic rings. The van der Waals surface area contributed by atoms with Crippen molar-refractivity contribution in [3.63, 3.8) is 0 Å². The van der Waals surface area contributed by atoms with E-state index < -0.39 is 0 Å². The minimum atomic E-state index is -0.351. The highest BCUT2D eigenvalue weighted by Crippen LogP contribution is 2.30. The summed E-state index contributed by atoms with van der Waals surface area (Å²) in [6.07, 6.45) is 1.32. The number of methoxy groups -OCH3 is 1. The third kappa shape index (κ3) is 4.22. The smallest absolute Gasteiger partial charge is 0.203 e. The second kappa shape index (κ2) is 8.09. The summed E-state index contributed by atoms with van der Waals surface area (Å²) in [4.78, 5) is 4.29. The molecule has 2 heterocycles. The first-order valence-electron chi connectivity index (χ1n) is 7.50. The lowest BCUT2D eigenvalue weighted by Gasteiger charge is -2.15. The highest BCUT2D eigenvalue weighted by atomic mass is 32.1. The van der Waals surface area contributed by atoms with Crippen LogP contribution in [0.5, 0.6) is 11.5 Å². The maximum atomic E-state index is 5.84. The van der Waals surface area contributed by atoms with Crippen molar-refractivity contribution >= 4 is 22.7 Å². The molecule has 1 aromatic heterocycles. The number of para-hydroxylation sites is 1. The first kappa shape index (κ1) is 16.7. The van der Waals surface area contributed by atoms with Gasteiger partial charge in [0.25, 0.3) is 0 Å². The molecule has 0 saturated carbocycles. The number of hydrogen-bond acceptors (Lipinski definition) is 8. The van der Waals surface area contributed by atoms with Gasteiger partial charge in [-0.3, -0.25) is 5.43 Å². The topological polar surface area (TPSA) is 74.2 Å². The second-order valence-electron chi connectivity index (χ2n) is 5.02. The van der Waals surface area contributed by atoms with Crippen molar-refractivity contribution in [1.82, 2.24) is 4.98 Å². The maximum Gasteiger partial charge on any atom is 0.203 e. The highest BCUT2D eigenvalue weighted by Gasteiger charge is 2.18. The number of thiazole rings is 1. The van der Waals surface area contributed by atoms with Gasteiger partial charge < -0.3 is 18.9 Å². The molecular weight excluding hydrogens is 330 g/mol. The Morgan fingerprint density at radius 2 is 2.25 bits per heavy atom. The van der Waals surface area contributed by atoms with Crippen LogP contribution in [0.1, 0.15) is 11.3 Å². The molecule has 128 valence electrons. The molecule has 0 radical (unpaired) electrons. The molecule has 1 saturated heterocycles. The fraction of sp³-hybridized carbons (Fsp3) is 0.375. The Kier molecular flexibility index (Phi) is 5.63. The zero-order valence-corrected chi connectivity index (χ0v) is 14.3. The molecule has 8 heteroatoms. The van der Waals surface area contributed by atoms with Gasteiger partial charge in [0.15, 0.2) is 17.8 Å². The van der Waals surface area contributed by atoms with E-state index in [9.17, 15) is 0 Å². The number of hydrazone groups is 1. The van der Waals surface area contributed by atoms with Gasteiger partial charge in [0.2, 0.25) is 5.13 Å². The van der Waals surface area contributed by atoms with Crippen molar-refractivity contribution in [1.29, 1.82) is 0 Å². The fourth-order valence-electron chi connectivity index (χ4n) is 2.17. The van der Waals surface area contributed by atoms with Gasteiger partial charge in [0.05, 0.1) is 32.2 Å². The molecule has 1 aliphatic heterocycles. The van der Waals surface area contributed by atoms with E-state index in [2.05, 4.69) is 15.5 Å². The Balaban J connectivity index is 1.70. The molecule has 0 amide bonds. The van der Waals surface area contributed by atoms with E-state index in [-0.39, 0.29) is 6.29 Å². The van der Waals surface area contributed by atoms with Crippen molar-refractivity contribution < 1.29 is 18.9 Å². The molecule has 1 aromatic carbocycles. The molecule has 7 nitrogen and oxygen atoms in total. The predicted octanol–water partition coefficient (Wildman–Crippen LogP) is 2.66. The second-order valence-corrected chi connectivity index (χ2v) is 5.88. The quantitative estimate of drug-likeness (QED) is 0.612. The van der Waals surface area contributed by atoms with E-state index in [0.29, 0.717) is 31.3 Å². The lowest BCUT2D eigenvalue weighted by molar-refractivity contribution is -0.0687. The zero-order valence-electron chi connectivity index (χ0n) is 13.5. The van der Waals surface area contributed by atoms with E-state index in [0.717, 1.165) is 16.4 Å². The van der Waals surface area contributed by atoms with Gasteiger partial charge in [-0.05, 0) is 19.1 Å². The van der Waals surface area contributed by atoms with Crippen molar-refractivity contribution in [3.8, 4) is 11.5 Å². The SMILES string of the molecule is COc1cccc(C=NNc2nc(C)cs2)c1OCC1OCCO1. The van der Waals surface area contributed by atoms with Gasteiger partial charge in [-0.15, -0.1) is 11.3 Å². The lowest BCUT2D eigenvalue weighted by Crippen LogP contribution is -2.19. The number of hydrogen-bond donors (Lipinski definition) is 1. The Morgan fingerprint density at radius 1 is 1.42 bits per heavy atom. The number of nitrogens with one attached hydrogen (secondary N) is 1. The molecule has 0 unspecified atom stereocenters. The number of rotatable bonds is 7. The minimum absolute atomic E-state index is 0.292. The molecule has 0 aliphatic carbocycles. The molecule has 24 heavy (non-hydrogen) atoms. The lowest BCUT2D eigenvalue weighted by atomic mass is 10.2. The highest BCUT2D eigenvalue weighted by molar-refractivity contribution is 7.13. The van der Waals surface area contributed by atoms with Crippen LogP contribution in [-0.4, -0.2) is 44.4 Å². The Labute approximate surface area is 144 Å². The third-order valence-electron chi connectivity index (χ3n) is 3.27. The van der Waals surface area contributed by atoms with E-state index in [1.807, 2.05) is 30.5 Å². The third-order valence-corrected chi connectivity index (χ3v) is 4.13. The zero-order chi connectivity index (χ0) is 16.8. The molecule has 0 bridgehead atoms. The number of aromatic nitrogens is 1. The molecule has 0 spiro atoms. The van der Waals surface area contributed by atoms with E-state index >= 15 is 0 Å². The van der Waals surface area contributed by atoms with Gasteiger partial charge in [0, 0.05) is 10.9 Å². The Hall–Kier alpha value is -2.16. The molecule has 1 fully saturated rings. The molecule has 3 rings (SSSR count). The van der Waals surface area contributed by atoms with E-state index in [1.54, 1.807) is 13.3 Å². The number of aryl methyl sites for hydroxylation is 1. The predicted molar refractivity (Wildman–Crippen MR) is 92.2 cm³/mol. The van der Waals surface area contributed by atoms with Crippen LogP contribution >= 0.6 is 11.3 Å². The average molecular weight is 349 g/mol. The van der Waals surface area contributed by atoms with Gasteiger partial charge in [0.1, 0.15) is 6.61 Å². The van der Waals surface area contributed by atoms with Gasteiger partial charge in [-0.25, -0.2) is 4.98 Å². The normalized spacial score (nSPS) is 15.1. The summed E-state index contributed by atoms with van der Waals surface area (Å²) in [7, 11) is 1.60. The molecule has 2 aromatic rings. The Bertz CT molecular complexity index is 698. The van der Waals surface area contributed by atoms with Crippen molar-refractivity contribution in [2.45, 2.75) is 13.2 Å². The number of anilines is 1. The molecular formula is C16H19N3O4S. The summed E-state index contributed by atoms with van der Waals surface area (Å²) < 4.78 is 22.0. The van der Waals surface area contributed by atoms with Crippen LogP contribution in [0.2, 0.25) is 0 Å². The first-order valence-corrected chi connectivity index (χ1v) is 8.38. The van der Waals surface area contributed by atoms with Crippen molar-refractivity contribution in [3.05, 3.63) is 34.8 Å². The van der Waals surface area contributed by atoms with E-state index in [4.69, 9.17) is 18.9 Å². The number of benzene rings is 1. The van der Waals surface area contributed by atoms with Gasteiger partial charge >= 0.3 is 0 Å². The van der Waals surface area contributed by atoms with Crippen LogP contribution in [0.15, 0.2) is 28.7 Å². The van der Waals surface area contributed by atoms with Crippen LogP contribution in [0.4, 0.5) is 5.13 Å². The molecule has 1 N–H and O–H groups in total. The summed E-state index contributed by atoms with van der Waals surface area (Å²) in [5.74, 6) is 1.22. The summed E-state index contributed by atoms with van der Waals surface area (Å²) in [6, 6.07) is 5.61. The summed E-state index contributed by atoms with van der Waals surface area (Å²) in [6.45, 7) is 3.41. The number of ether oxygens (including phenoxy) is 4.